The summed E-state index contributed by atoms with van der Waals surface area (Å²) >= 11 is 0. The fraction of sp³-hybridized carbons (Fsp3) is 0.346. The molecule has 1 amide bonds. The number of esters is 1. The van der Waals surface area contributed by atoms with Crippen LogP contribution in [0.1, 0.15) is 48.3 Å². The van der Waals surface area contributed by atoms with E-state index in [4.69, 9.17) is 4.74 Å². The topological polar surface area (TPSA) is 75.7 Å². The number of hydrogen-bond acceptors (Lipinski definition) is 5. The van der Waals surface area contributed by atoms with Crippen molar-refractivity contribution in [1.82, 2.24) is 10.2 Å². The van der Waals surface area contributed by atoms with Gasteiger partial charge in [0.25, 0.3) is 0 Å². The number of halogens is 1. The fourth-order valence-corrected chi connectivity index (χ4v) is 3.15. The molecular formula is C26H31FN2O4. The van der Waals surface area contributed by atoms with Crippen molar-refractivity contribution in [2.24, 2.45) is 0 Å². The molecule has 0 saturated carbocycles. The van der Waals surface area contributed by atoms with Crippen LogP contribution in [0.5, 0.6) is 0 Å². The number of amides is 1. The Kier molecular flexibility index (Phi) is 9.05. The number of rotatable bonds is 9. The van der Waals surface area contributed by atoms with Gasteiger partial charge in [0.05, 0.1) is 0 Å². The first-order valence-corrected chi connectivity index (χ1v) is 10.7. The molecule has 0 radical (unpaired) electrons. The third-order valence-electron chi connectivity index (χ3n) is 4.75. The number of likely N-dealkylation sites (N-methyl/N-ethyl adjacent to an activating group) is 1. The van der Waals surface area contributed by atoms with Gasteiger partial charge in [-0.05, 0) is 58.5 Å². The van der Waals surface area contributed by atoms with Crippen LogP contribution in [0.25, 0.3) is 0 Å². The normalized spacial score (nSPS) is 12.6. The molecular weight excluding hydrogens is 423 g/mol. The molecule has 176 valence electrons. The van der Waals surface area contributed by atoms with Crippen molar-refractivity contribution in [3.8, 4) is 0 Å². The van der Waals surface area contributed by atoms with Gasteiger partial charge in [-0.15, -0.1) is 0 Å². The third-order valence-corrected chi connectivity index (χ3v) is 4.75. The molecule has 0 spiro atoms. The first-order valence-electron chi connectivity index (χ1n) is 10.7. The summed E-state index contributed by atoms with van der Waals surface area (Å²) < 4.78 is 19.0. The maximum Gasteiger partial charge on any atom is 0.330 e. The Hall–Kier alpha value is -3.32. The summed E-state index contributed by atoms with van der Waals surface area (Å²) in [7, 11) is 1.70. The van der Waals surface area contributed by atoms with E-state index in [1.807, 2.05) is 39.8 Å². The minimum atomic E-state index is -0.766. The number of nitrogens with zero attached hydrogens (tertiary/aromatic N) is 1. The van der Waals surface area contributed by atoms with Crippen LogP contribution in [0.2, 0.25) is 0 Å². The summed E-state index contributed by atoms with van der Waals surface area (Å²) in [5, 5.41) is 2.91. The molecule has 0 bridgehead atoms. The number of nitrogens with one attached hydrogen (secondary N) is 1. The monoisotopic (exact) mass is 454 g/mol. The summed E-state index contributed by atoms with van der Waals surface area (Å²) in [6, 6.07) is 12.1. The van der Waals surface area contributed by atoms with Crippen LogP contribution in [0.3, 0.4) is 0 Å². The lowest BCUT2D eigenvalue weighted by molar-refractivity contribution is -0.138. The van der Waals surface area contributed by atoms with E-state index >= 15 is 0 Å². The summed E-state index contributed by atoms with van der Waals surface area (Å²) in [4.78, 5) is 38.7. The average Bonchev–Trinajstić information content (AvgIpc) is 2.71. The van der Waals surface area contributed by atoms with Gasteiger partial charge in [-0.2, -0.15) is 0 Å². The molecule has 1 atom stereocenters. The third kappa shape index (κ3) is 8.61. The van der Waals surface area contributed by atoms with E-state index < -0.39 is 23.4 Å². The van der Waals surface area contributed by atoms with Crippen molar-refractivity contribution in [1.29, 1.82) is 0 Å². The zero-order valence-electron chi connectivity index (χ0n) is 19.7. The number of aryl methyl sites for hydroxylation is 1. The van der Waals surface area contributed by atoms with Gasteiger partial charge in [0.1, 0.15) is 18.5 Å². The minimum Gasteiger partial charge on any atom is -0.461 e. The molecule has 6 nitrogen and oxygen atoms in total. The van der Waals surface area contributed by atoms with Gasteiger partial charge in [0.2, 0.25) is 5.91 Å². The van der Waals surface area contributed by atoms with Crippen LogP contribution in [0.4, 0.5) is 4.39 Å². The van der Waals surface area contributed by atoms with E-state index in [-0.39, 0.29) is 24.8 Å². The van der Waals surface area contributed by atoms with Gasteiger partial charge in [-0.25, -0.2) is 9.18 Å². The summed E-state index contributed by atoms with van der Waals surface area (Å²) in [6.45, 7) is 7.72. The highest BCUT2D eigenvalue weighted by Gasteiger charge is 2.28. The summed E-state index contributed by atoms with van der Waals surface area (Å²) in [5.74, 6) is -1.69. The SMILES string of the molecule is Cc1ccc(C(=O)/C=C/C(=O)OCCN(C)C(C(=O)NC(C)(C)C)c2cccc(F)c2)cc1. The van der Waals surface area contributed by atoms with Gasteiger partial charge in [0, 0.05) is 23.7 Å². The molecule has 0 aromatic heterocycles. The summed E-state index contributed by atoms with van der Waals surface area (Å²) in [5.41, 5.74) is 1.54. The predicted molar refractivity (Wildman–Crippen MR) is 125 cm³/mol. The average molecular weight is 455 g/mol. The molecule has 1 unspecified atom stereocenters. The number of allylic oxidation sites excluding steroid dienone is 1. The minimum absolute atomic E-state index is 0.00694. The lowest BCUT2D eigenvalue weighted by Crippen LogP contribution is -2.47. The molecule has 0 saturated heterocycles. The lowest BCUT2D eigenvalue weighted by atomic mass is 10.0. The van der Waals surface area contributed by atoms with Gasteiger partial charge >= 0.3 is 5.97 Å². The van der Waals surface area contributed by atoms with E-state index in [0.717, 1.165) is 11.6 Å². The van der Waals surface area contributed by atoms with Crippen molar-refractivity contribution in [2.75, 3.05) is 20.2 Å². The highest BCUT2D eigenvalue weighted by molar-refractivity contribution is 6.07. The second-order valence-electron chi connectivity index (χ2n) is 8.91. The Morgan fingerprint density at radius 2 is 1.76 bits per heavy atom. The zero-order valence-corrected chi connectivity index (χ0v) is 19.7. The van der Waals surface area contributed by atoms with E-state index in [1.165, 1.54) is 18.2 Å². The Morgan fingerprint density at radius 3 is 2.36 bits per heavy atom. The predicted octanol–water partition coefficient (Wildman–Crippen LogP) is 4.00. The number of ether oxygens (including phenoxy) is 1. The second-order valence-corrected chi connectivity index (χ2v) is 8.91. The van der Waals surface area contributed by atoms with Gasteiger partial charge in [0.15, 0.2) is 5.78 Å². The van der Waals surface area contributed by atoms with E-state index in [0.29, 0.717) is 11.1 Å². The molecule has 33 heavy (non-hydrogen) atoms. The molecule has 2 aromatic carbocycles. The number of ketones is 1. The van der Waals surface area contributed by atoms with Crippen LogP contribution in [-0.4, -0.2) is 48.3 Å². The Morgan fingerprint density at radius 1 is 1.09 bits per heavy atom. The van der Waals surface area contributed by atoms with Crippen molar-refractivity contribution in [3.05, 3.63) is 83.2 Å². The largest absolute Gasteiger partial charge is 0.461 e. The summed E-state index contributed by atoms with van der Waals surface area (Å²) in [6.07, 6.45) is 2.25. The maximum absolute atomic E-state index is 13.8. The number of carbonyl (C=O) groups excluding carboxylic acids is 3. The van der Waals surface area contributed by atoms with Gasteiger partial charge < -0.3 is 10.1 Å². The van der Waals surface area contributed by atoms with Crippen molar-refractivity contribution < 1.29 is 23.5 Å². The second kappa shape index (κ2) is 11.5. The molecule has 2 aromatic rings. The Balaban J connectivity index is 1.97. The molecule has 0 fully saturated rings. The molecule has 2 rings (SSSR count). The standard InChI is InChI=1S/C26H31FN2O4/c1-18-9-11-19(12-10-18)22(30)13-14-23(31)33-16-15-29(5)24(25(32)28-26(2,3)4)20-7-6-8-21(27)17-20/h6-14,17,24H,15-16H2,1-5H3,(H,28,32)/b14-13+. The molecule has 0 heterocycles. The molecule has 0 aliphatic rings. The number of benzene rings is 2. The molecule has 1 N–H and O–H groups in total. The molecule has 0 aliphatic heterocycles. The van der Waals surface area contributed by atoms with E-state index in [9.17, 15) is 18.8 Å². The number of carbonyl (C=O) groups is 3. The quantitative estimate of drug-likeness (QED) is 0.352. The van der Waals surface area contributed by atoms with Gasteiger partial charge in [-0.3, -0.25) is 14.5 Å². The number of hydrogen-bond donors (Lipinski definition) is 1. The van der Waals surface area contributed by atoms with Crippen LogP contribution in [0, 0.1) is 12.7 Å². The van der Waals surface area contributed by atoms with Crippen LogP contribution < -0.4 is 5.32 Å². The van der Waals surface area contributed by atoms with Crippen molar-refractivity contribution in [3.63, 3.8) is 0 Å². The molecule has 0 aliphatic carbocycles. The van der Waals surface area contributed by atoms with E-state index in [2.05, 4.69) is 5.32 Å². The smallest absolute Gasteiger partial charge is 0.330 e. The highest BCUT2D eigenvalue weighted by Crippen LogP contribution is 2.21. The Bertz CT molecular complexity index is 1010. The maximum atomic E-state index is 13.8. The van der Waals surface area contributed by atoms with Crippen LogP contribution in [-0.2, 0) is 14.3 Å². The first kappa shape index (κ1) is 25.9. The van der Waals surface area contributed by atoms with Gasteiger partial charge in [-0.1, -0.05) is 42.0 Å². The fourth-order valence-electron chi connectivity index (χ4n) is 3.15. The first-order chi connectivity index (χ1) is 15.5. The van der Waals surface area contributed by atoms with Crippen LogP contribution >= 0.6 is 0 Å². The van der Waals surface area contributed by atoms with Crippen molar-refractivity contribution in [2.45, 2.75) is 39.3 Å². The zero-order chi connectivity index (χ0) is 24.6. The molecule has 7 heteroatoms. The van der Waals surface area contributed by atoms with Crippen molar-refractivity contribution >= 4 is 17.7 Å². The van der Waals surface area contributed by atoms with E-state index in [1.54, 1.807) is 36.2 Å². The Labute approximate surface area is 194 Å². The lowest BCUT2D eigenvalue weighted by Gasteiger charge is -2.31. The van der Waals surface area contributed by atoms with Crippen LogP contribution in [0.15, 0.2) is 60.7 Å². The highest BCUT2D eigenvalue weighted by atomic mass is 19.1.